The molecule has 1 heterocycles. The minimum Gasteiger partial charge on any atom is -0.454 e. The molecule has 1 fully saturated rings. The summed E-state index contributed by atoms with van der Waals surface area (Å²) in [6.45, 7) is 5.74. The van der Waals surface area contributed by atoms with Crippen molar-refractivity contribution in [3.63, 3.8) is 0 Å². The van der Waals surface area contributed by atoms with Gasteiger partial charge in [0.05, 0.1) is 25.4 Å². The second-order valence-electron chi connectivity index (χ2n) is 19.0. The topological polar surface area (TPSA) is 175 Å². The van der Waals surface area contributed by atoms with Gasteiger partial charge in [-0.15, -0.1) is 0 Å². The van der Waals surface area contributed by atoms with E-state index >= 15 is 0 Å². The van der Waals surface area contributed by atoms with Crippen molar-refractivity contribution in [1.29, 1.82) is 0 Å². The van der Waals surface area contributed by atoms with Gasteiger partial charge in [0.15, 0.2) is 12.4 Å². The van der Waals surface area contributed by atoms with Crippen LogP contribution in [0.2, 0.25) is 0 Å². The highest BCUT2D eigenvalue weighted by Crippen LogP contribution is 2.26. The minimum atomic E-state index is -1.61. The fourth-order valence-corrected chi connectivity index (χ4v) is 8.47. The van der Waals surface area contributed by atoms with Crippen LogP contribution >= 0.6 is 0 Å². The predicted molar refractivity (Wildman–Crippen MR) is 264 cm³/mol. The summed E-state index contributed by atoms with van der Waals surface area (Å²) in [4.78, 5) is 26.3. The number of ether oxygens (including phenoxy) is 3. The van der Waals surface area contributed by atoms with Gasteiger partial charge in [0, 0.05) is 6.42 Å². The number of carbonyl (C=O) groups excluding carboxylic acids is 2. The molecule has 65 heavy (non-hydrogen) atoms. The van der Waals surface area contributed by atoms with Crippen molar-refractivity contribution in [2.75, 3.05) is 13.2 Å². The Morgan fingerprint density at radius 3 is 1.49 bits per heavy atom. The third kappa shape index (κ3) is 32.5. The highest BCUT2D eigenvalue weighted by atomic mass is 16.7. The van der Waals surface area contributed by atoms with Crippen molar-refractivity contribution in [2.24, 2.45) is 0 Å². The second kappa shape index (κ2) is 43.4. The molecule has 1 aliphatic heterocycles. The first-order valence-electron chi connectivity index (χ1n) is 27.1. The molecule has 6 N–H and O–H groups in total. The first-order chi connectivity index (χ1) is 31.7. The SMILES string of the molecule is CCCCCCCCC/C=C\CCCCC(O)C(=O)NC(COC1OC(CO)C(O)C(O)C1OC(=O)CCCCCCCCCCCCC)C(O)/C=C/CCCCCCCCCCCC. The molecule has 1 saturated heterocycles. The molecule has 382 valence electrons. The van der Waals surface area contributed by atoms with Gasteiger partial charge in [-0.25, -0.2) is 0 Å². The summed E-state index contributed by atoms with van der Waals surface area (Å²) in [7, 11) is 0. The number of carbonyl (C=O) groups is 2. The van der Waals surface area contributed by atoms with E-state index in [-0.39, 0.29) is 19.4 Å². The zero-order valence-electron chi connectivity index (χ0n) is 41.9. The van der Waals surface area contributed by atoms with Gasteiger partial charge in [-0.1, -0.05) is 212 Å². The minimum absolute atomic E-state index is 0.126. The van der Waals surface area contributed by atoms with E-state index in [2.05, 4.69) is 38.2 Å². The number of allylic oxidation sites excluding steroid dienone is 3. The molecule has 8 unspecified atom stereocenters. The Bertz CT molecular complexity index is 1150. The maximum atomic E-state index is 13.3. The number of unbranched alkanes of at least 4 members (excludes halogenated alkanes) is 29. The van der Waals surface area contributed by atoms with Crippen molar-refractivity contribution in [1.82, 2.24) is 5.32 Å². The lowest BCUT2D eigenvalue weighted by atomic mass is 9.99. The first-order valence-corrected chi connectivity index (χ1v) is 27.1. The van der Waals surface area contributed by atoms with Crippen LogP contribution in [0.3, 0.4) is 0 Å². The Balaban J connectivity index is 2.78. The summed E-state index contributed by atoms with van der Waals surface area (Å²) in [5.41, 5.74) is 0. The summed E-state index contributed by atoms with van der Waals surface area (Å²) in [5.74, 6) is -1.21. The number of hydrogen-bond acceptors (Lipinski definition) is 10. The number of nitrogens with one attached hydrogen (secondary N) is 1. The van der Waals surface area contributed by atoms with Crippen LogP contribution in [0, 0.1) is 0 Å². The summed E-state index contributed by atoms with van der Waals surface area (Å²) < 4.78 is 17.5. The zero-order chi connectivity index (χ0) is 47.6. The van der Waals surface area contributed by atoms with Crippen LogP contribution in [-0.2, 0) is 23.8 Å². The molecule has 0 aliphatic carbocycles. The second-order valence-corrected chi connectivity index (χ2v) is 19.0. The number of hydrogen-bond donors (Lipinski definition) is 6. The average Bonchev–Trinajstić information content (AvgIpc) is 3.30. The highest BCUT2D eigenvalue weighted by molar-refractivity contribution is 5.80. The molecule has 11 heteroatoms. The third-order valence-electron chi connectivity index (χ3n) is 12.9. The summed E-state index contributed by atoms with van der Waals surface area (Å²) in [6, 6.07) is -1.02. The summed E-state index contributed by atoms with van der Waals surface area (Å²) >= 11 is 0. The summed E-state index contributed by atoms with van der Waals surface area (Å²) in [6.07, 6.45) is 36.6. The Hall–Kier alpha value is -1.86. The largest absolute Gasteiger partial charge is 0.454 e. The molecule has 0 saturated carbocycles. The van der Waals surface area contributed by atoms with E-state index < -0.39 is 67.4 Å². The van der Waals surface area contributed by atoms with Crippen LogP contribution in [0.5, 0.6) is 0 Å². The van der Waals surface area contributed by atoms with Gasteiger partial charge in [0.2, 0.25) is 5.91 Å². The van der Waals surface area contributed by atoms with Gasteiger partial charge in [-0.2, -0.15) is 0 Å². The van der Waals surface area contributed by atoms with Gasteiger partial charge in [-0.3, -0.25) is 9.59 Å². The molecule has 0 aromatic rings. The molecule has 1 rings (SSSR count). The number of rotatable bonds is 45. The van der Waals surface area contributed by atoms with E-state index in [0.717, 1.165) is 57.8 Å². The quantitative estimate of drug-likeness (QED) is 0.0196. The van der Waals surface area contributed by atoms with Crippen LogP contribution < -0.4 is 5.32 Å². The van der Waals surface area contributed by atoms with Gasteiger partial charge in [0.1, 0.15) is 24.4 Å². The van der Waals surface area contributed by atoms with Gasteiger partial charge < -0.3 is 45.1 Å². The van der Waals surface area contributed by atoms with Crippen LogP contribution in [0.15, 0.2) is 24.3 Å². The molecule has 8 atom stereocenters. The molecule has 1 amide bonds. The third-order valence-corrected chi connectivity index (χ3v) is 12.9. The fourth-order valence-electron chi connectivity index (χ4n) is 8.47. The van der Waals surface area contributed by atoms with Crippen molar-refractivity contribution in [3.8, 4) is 0 Å². The Kier molecular flexibility index (Phi) is 40.9. The molecular formula is C54H101NO10. The van der Waals surface area contributed by atoms with Crippen LogP contribution in [0.4, 0.5) is 0 Å². The maximum absolute atomic E-state index is 13.3. The molecule has 0 aromatic heterocycles. The molecule has 0 aromatic carbocycles. The molecule has 11 nitrogen and oxygen atoms in total. The predicted octanol–water partition coefficient (Wildman–Crippen LogP) is 11.4. The van der Waals surface area contributed by atoms with Crippen molar-refractivity contribution in [2.45, 2.75) is 294 Å². The number of esters is 1. The standard InChI is InChI=1S/C54H101NO10/c1-4-7-10-13-16-19-22-24-27-29-32-35-38-41-47(58)53(62)55-45(46(57)40-37-34-31-28-26-23-20-17-14-11-8-5-2)44-63-54-52(51(61)50(60)48(43-56)64-54)65-49(59)42-39-36-33-30-25-21-18-15-12-9-6-3/h27,29,37,40,45-48,50-52,54,56-58,60-61H,4-26,28,30-36,38-39,41-44H2,1-3H3,(H,55,62)/b29-27-,40-37+. The van der Waals surface area contributed by atoms with Gasteiger partial charge in [-0.05, 0) is 51.4 Å². The number of amides is 1. The maximum Gasteiger partial charge on any atom is 0.306 e. The Morgan fingerprint density at radius 2 is 1.02 bits per heavy atom. The van der Waals surface area contributed by atoms with Crippen LogP contribution in [0.25, 0.3) is 0 Å². The lowest BCUT2D eigenvalue weighted by Crippen LogP contribution is -2.61. The van der Waals surface area contributed by atoms with E-state index in [0.29, 0.717) is 12.8 Å². The summed E-state index contributed by atoms with van der Waals surface area (Å²) in [5, 5.41) is 56.6. The van der Waals surface area contributed by atoms with Crippen molar-refractivity contribution >= 4 is 11.9 Å². The first kappa shape index (κ1) is 61.2. The Labute approximate surface area is 397 Å². The monoisotopic (exact) mass is 924 g/mol. The van der Waals surface area contributed by atoms with Crippen molar-refractivity contribution in [3.05, 3.63) is 24.3 Å². The fraction of sp³-hybridized carbons (Fsp3) is 0.889. The average molecular weight is 924 g/mol. The van der Waals surface area contributed by atoms with E-state index in [9.17, 15) is 35.1 Å². The van der Waals surface area contributed by atoms with Crippen LogP contribution in [-0.4, -0.2) is 99.6 Å². The molecule has 0 spiro atoms. The molecule has 0 bridgehead atoms. The normalized spacial score (nSPS) is 20.4. The van der Waals surface area contributed by atoms with Crippen LogP contribution in [0.1, 0.15) is 245 Å². The van der Waals surface area contributed by atoms with Crippen molar-refractivity contribution < 1.29 is 49.3 Å². The smallest absolute Gasteiger partial charge is 0.306 e. The van der Waals surface area contributed by atoms with E-state index in [4.69, 9.17) is 14.2 Å². The Morgan fingerprint density at radius 1 is 0.585 bits per heavy atom. The number of aliphatic hydroxyl groups excluding tert-OH is 5. The molecular weight excluding hydrogens is 823 g/mol. The lowest BCUT2D eigenvalue weighted by Gasteiger charge is -2.41. The zero-order valence-corrected chi connectivity index (χ0v) is 41.9. The molecule has 0 radical (unpaired) electrons. The lowest BCUT2D eigenvalue weighted by molar-refractivity contribution is -0.305. The van der Waals surface area contributed by atoms with E-state index in [1.165, 1.54) is 141 Å². The van der Waals surface area contributed by atoms with E-state index in [1.54, 1.807) is 6.08 Å². The van der Waals surface area contributed by atoms with Gasteiger partial charge >= 0.3 is 5.97 Å². The highest BCUT2D eigenvalue weighted by Gasteiger charge is 2.47. The number of aliphatic hydroxyl groups is 5. The van der Waals surface area contributed by atoms with Gasteiger partial charge in [0.25, 0.3) is 0 Å². The molecule has 1 aliphatic rings. The van der Waals surface area contributed by atoms with E-state index in [1.807, 2.05) is 6.08 Å².